The van der Waals surface area contributed by atoms with Gasteiger partial charge in [0, 0.05) is 41.4 Å². The van der Waals surface area contributed by atoms with Crippen molar-refractivity contribution in [3.05, 3.63) is 77.9 Å². The number of carbonyl (C=O) groups is 2. The second-order valence-electron chi connectivity index (χ2n) is 11.5. The Morgan fingerprint density at radius 2 is 1.73 bits per heavy atom. The van der Waals surface area contributed by atoms with Crippen molar-refractivity contribution in [1.29, 1.82) is 0 Å². The highest BCUT2D eigenvalue weighted by atomic mass is 16.5. The van der Waals surface area contributed by atoms with E-state index in [0.717, 1.165) is 11.3 Å². The van der Waals surface area contributed by atoms with E-state index in [-0.39, 0.29) is 29.5 Å². The van der Waals surface area contributed by atoms with E-state index < -0.39 is 0 Å². The lowest BCUT2D eigenvalue weighted by Gasteiger charge is -2.26. The first-order valence-electron chi connectivity index (χ1n) is 14.3. The van der Waals surface area contributed by atoms with Crippen LogP contribution < -0.4 is 16.5 Å². The molecule has 1 aliphatic rings. The van der Waals surface area contributed by atoms with Crippen LogP contribution in [0.25, 0.3) is 28.0 Å². The van der Waals surface area contributed by atoms with Crippen LogP contribution in [0, 0.1) is 0 Å². The van der Waals surface area contributed by atoms with E-state index in [1.54, 1.807) is 28.9 Å². The van der Waals surface area contributed by atoms with Gasteiger partial charge < -0.3 is 20.3 Å². The summed E-state index contributed by atoms with van der Waals surface area (Å²) in [5.74, 6) is 0.613. The van der Waals surface area contributed by atoms with Crippen LogP contribution in [0.4, 0.5) is 11.5 Å². The minimum atomic E-state index is -0.207. The number of morpholine rings is 1. The third kappa shape index (κ3) is 6.14. The molecule has 5 aromatic rings. The van der Waals surface area contributed by atoms with Gasteiger partial charge in [-0.2, -0.15) is 5.10 Å². The molecule has 4 N–H and O–H groups in total. The second kappa shape index (κ2) is 11.9. The Balaban J connectivity index is 1.20. The average molecular weight is 596 g/mol. The maximum Gasteiger partial charge on any atom is 0.265 e. The van der Waals surface area contributed by atoms with Gasteiger partial charge in [-0.1, -0.05) is 38.1 Å². The Hall–Kier alpha value is -5.14. The van der Waals surface area contributed by atoms with E-state index in [1.807, 2.05) is 56.1 Å². The van der Waals surface area contributed by atoms with Crippen LogP contribution in [0.15, 0.2) is 65.4 Å². The van der Waals surface area contributed by atoms with Crippen LogP contribution in [0.5, 0.6) is 0 Å². The predicted octanol–water partition coefficient (Wildman–Crippen LogP) is 3.51. The van der Waals surface area contributed by atoms with Gasteiger partial charge in [-0.05, 0) is 36.4 Å². The number of hydrogen-bond donors (Lipinski definition) is 3. The van der Waals surface area contributed by atoms with Crippen molar-refractivity contribution >= 4 is 34.4 Å². The number of nitrogen functional groups attached to an aromatic ring is 1. The Morgan fingerprint density at radius 1 is 1.00 bits per heavy atom. The molecule has 2 amide bonds. The number of benzene rings is 2. The zero-order valence-electron chi connectivity index (χ0n) is 24.7. The highest BCUT2D eigenvalue weighted by Gasteiger charge is 2.22. The first-order chi connectivity index (χ1) is 21.2. The third-order valence-electron chi connectivity index (χ3n) is 7.22. The lowest BCUT2D eigenvalue weighted by atomic mass is 9.93. The van der Waals surface area contributed by atoms with Crippen LogP contribution in [0.3, 0.4) is 0 Å². The fourth-order valence-corrected chi connectivity index (χ4v) is 4.82. The number of amides is 2. The smallest absolute Gasteiger partial charge is 0.265 e. The monoisotopic (exact) mass is 595 g/mol. The lowest BCUT2D eigenvalue weighted by molar-refractivity contribution is -0.115. The number of hydrogen-bond acceptors (Lipinski definition) is 10. The molecule has 3 aromatic heterocycles. The molecule has 13 nitrogen and oxygen atoms in total. The highest BCUT2D eigenvalue weighted by Crippen LogP contribution is 2.32. The van der Waals surface area contributed by atoms with Crippen LogP contribution in [-0.4, -0.2) is 68.0 Å². The number of rotatable bonds is 7. The molecule has 0 bridgehead atoms. The van der Waals surface area contributed by atoms with Crippen molar-refractivity contribution < 1.29 is 18.8 Å². The molecule has 1 aliphatic heterocycles. The zero-order chi connectivity index (χ0) is 30.8. The Morgan fingerprint density at radius 3 is 2.41 bits per heavy atom. The van der Waals surface area contributed by atoms with Crippen LogP contribution >= 0.6 is 0 Å². The molecule has 13 heteroatoms. The van der Waals surface area contributed by atoms with Crippen molar-refractivity contribution in [2.75, 3.05) is 37.4 Å². The summed E-state index contributed by atoms with van der Waals surface area (Å²) in [6.07, 6.45) is 1.49. The van der Waals surface area contributed by atoms with E-state index in [4.69, 9.17) is 20.1 Å². The van der Waals surface area contributed by atoms with Crippen LogP contribution in [-0.2, 0) is 21.4 Å². The van der Waals surface area contributed by atoms with Crippen LogP contribution in [0.1, 0.15) is 42.6 Å². The van der Waals surface area contributed by atoms with Crippen molar-refractivity contribution in [2.24, 2.45) is 0 Å². The predicted molar refractivity (Wildman–Crippen MR) is 164 cm³/mol. The summed E-state index contributed by atoms with van der Waals surface area (Å²) in [4.78, 5) is 34.1. The van der Waals surface area contributed by atoms with Crippen molar-refractivity contribution in [2.45, 2.75) is 32.6 Å². The summed E-state index contributed by atoms with van der Waals surface area (Å²) in [6, 6.07) is 16.2. The topological polar surface area (TPSA) is 166 Å². The first kappa shape index (κ1) is 29.0. The van der Waals surface area contributed by atoms with Gasteiger partial charge in [0.1, 0.15) is 23.6 Å². The standard InChI is InChI=1S/C31H33N9O4/c1-31(2,3)24-16-22(38-44-24)17-25(41)35-21-8-10-23(11-9-21)40-29-26(28(32)33-18-34-29)27(36-40)19-4-6-20(7-5-19)30(42)37-39-12-14-43-15-13-39/h4-11,16,18H,12-15,17H2,1-3H3,(H,35,41)(H,37,42)(H2,32,33,34). The summed E-state index contributed by atoms with van der Waals surface area (Å²) >= 11 is 0. The molecule has 0 radical (unpaired) electrons. The number of fused-ring (bicyclic) bond motifs is 1. The zero-order valence-corrected chi connectivity index (χ0v) is 24.7. The molecule has 0 aliphatic carbocycles. The van der Waals surface area contributed by atoms with Gasteiger partial charge >= 0.3 is 0 Å². The summed E-state index contributed by atoms with van der Waals surface area (Å²) in [6.45, 7) is 8.51. The molecule has 4 heterocycles. The molecule has 0 atom stereocenters. The maximum atomic E-state index is 12.8. The number of anilines is 2. The Bertz CT molecular complexity index is 1800. The molecule has 1 saturated heterocycles. The van der Waals surface area contributed by atoms with Crippen LogP contribution in [0.2, 0.25) is 0 Å². The van der Waals surface area contributed by atoms with Gasteiger partial charge in [0.25, 0.3) is 5.91 Å². The second-order valence-corrected chi connectivity index (χ2v) is 11.5. The van der Waals surface area contributed by atoms with Gasteiger partial charge in [-0.25, -0.2) is 19.7 Å². The Kier molecular flexibility index (Phi) is 7.80. The van der Waals surface area contributed by atoms with E-state index in [9.17, 15) is 9.59 Å². The molecule has 0 spiro atoms. The maximum absolute atomic E-state index is 12.8. The molecular weight excluding hydrogens is 562 g/mol. The number of carbonyl (C=O) groups excluding carboxylic acids is 2. The number of hydrazine groups is 1. The summed E-state index contributed by atoms with van der Waals surface area (Å²) < 4.78 is 12.4. The molecule has 2 aromatic carbocycles. The summed E-state index contributed by atoms with van der Waals surface area (Å²) in [5, 5.41) is 14.2. The van der Waals surface area contributed by atoms with Gasteiger partial charge in [-0.3, -0.25) is 15.0 Å². The summed E-state index contributed by atoms with van der Waals surface area (Å²) in [5.41, 5.74) is 13.3. The Labute approximate surface area is 253 Å². The van der Waals surface area contributed by atoms with Gasteiger partial charge in [0.05, 0.1) is 36.4 Å². The average Bonchev–Trinajstić information content (AvgIpc) is 3.64. The molecule has 6 rings (SSSR count). The quantitative estimate of drug-likeness (QED) is 0.253. The van der Waals surface area contributed by atoms with Crippen molar-refractivity contribution in [3.8, 4) is 16.9 Å². The number of nitrogens with two attached hydrogens (primary N) is 1. The highest BCUT2D eigenvalue weighted by molar-refractivity contribution is 6.00. The molecule has 0 saturated carbocycles. The van der Waals surface area contributed by atoms with Gasteiger partial charge in [0.15, 0.2) is 5.65 Å². The van der Waals surface area contributed by atoms with E-state index in [1.165, 1.54) is 6.33 Å². The fraction of sp³-hybridized carbons (Fsp3) is 0.290. The normalized spacial score (nSPS) is 14.1. The molecular formula is C31H33N9O4. The minimum absolute atomic E-state index is 0.0956. The van der Waals surface area contributed by atoms with Crippen molar-refractivity contribution in [1.82, 2.24) is 35.3 Å². The molecule has 44 heavy (non-hydrogen) atoms. The van der Waals surface area contributed by atoms with E-state index >= 15 is 0 Å². The summed E-state index contributed by atoms with van der Waals surface area (Å²) in [7, 11) is 0. The lowest BCUT2D eigenvalue weighted by Crippen LogP contribution is -2.48. The van der Waals surface area contributed by atoms with E-state index in [0.29, 0.717) is 65.7 Å². The number of aromatic nitrogens is 5. The SMILES string of the molecule is CC(C)(C)c1cc(CC(=O)Nc2ccc(-n3nc(-c4ccc(C(=O)NN5CCOCC5)cc4)c4c(N)ncnc43)cc2)no1. The third-order valence-corrected chi connectivity index (χ3v) is 7.22. The largest absolute Gasteiger partial charge is 0.383 e. The van der Waals surface area contributed by atoms with Gasteiger partial charge in [-0.15, -0.1) is 0 Å². The fourth-order valence-electron chi connectivity index (χ4n) is 4.82. The number of nitrogens with zero attached hydrogens (tertiary/aromatic N) is 6. The number of nitrogens with one attached hydrogen (secondary N) is 2. The van der Waals surface area contributed by atoms with E-state index in [2.05, 4.69) is 25.9 Å². The molecule has 1 fully saturated rings. The molecule has 226 valence electrons. The van der Waals surface area contributed by atoms with Gasteiger partial charge in [0.2, 0.25) is 5.91 Å². The molecule has 0 unspecified atom stereocenters. The minimum Gasteiger partial charge on any atom is -0.383 e. The number of ether oxygens (including phenoxy) is 1. The first-order valence-corrected chi connectivity index (χ1v) is 14.3. The van der Waals surface area contributed by atoms with Crippen molar-refractivity contribution in [3.63, 3.8) is 0 Å².